The molecule has 6 nitrogen and oxygen atoms in total. The summed E-state index contributed by atoms with van der Waals surface area (Å²) in [6.07, 6.45) is 4.21. The van der Waals surface area contributed by atoms with Crippen LogP contribution in [0.2, 0.25) is 0 Å². The van der Waals surface area contributed by atoms with E-state index in [4.69, 9.17) is 4.74 Å². The minimum Gasteiger partial charge on any atom is -0.374 e. The number of morpholine rings is 1. The molecule has 2 aliphatic heterocycles. The van der Waals surface area contributed by atoms with Gasteiger partial charge in [-0.05, 0) is 30.4 Å². The molecule has 3 heterocycles. The van der Waals surface area contributed by atoms with Gasteiger partial charge in [0, 0.05) is 32.4 Å². The lowest BCUT2D eigenvalue weighted by atomic mass is 9.88. The number of nitrogens with one attached hydrogen (secondary N) is 1. The van der Waals surface area contributed by atoms with Gasteiger partial charge in [-0.1, -0.05) is 20.8 Å². The summed E-state index contributed by atoms with van der Waals surface area (Å²) in [5.74, 6) is 0.879. The highest BCUT2D eigenvalue weighted by molar-refractivity contribution is 5.92. The fourth-order valence-corrected chi connectivity index (χ4v) is 3.23. The number of amides is 2. The van der Waals surface area contributed by atoms with Gasteiger partial charge in [-0.25, -0.2) is 9.78 Å². The third kappa shape index (κ3) is 3.80. The van der Waals surface area contributed by atoms with E-state index in [-0.39, 0.29) is 17.6 Å². The molecule has 1 atom stereocenters. The van der Waals surface area contributed by atoms with Gasteiger partial charge in [0.15, 0.2) is 5.82 Å². The van der Waals surface area contributed by atoms with Crippen LogP contribution in [0.15, 0.2) is 18.3 Å². The van der Waals surface area contributed by atoms with Crippen LogP contribution in [-0.2, 0) is 4.74 Å². The number of hydrogen-bond donors (Lipinski definition) is 1. The SMILES string of the molecule is CC(C)(C)C1CN(C(=O)Nc2cccnc2N2CCCC2)CCO1. The van der Waals surface area contributed by atoms with Gasteiger partial charge in [0.05, 0.1) is 18.4 Å². The van der Waals surface area contributed by atoms with Crippen LogP contribution < -0.4 is 10.2 Å². The average molecular weight is 332 g/mol. The second-order valence-electron chi connectivity index (χ2n) is 7.67. The molecule has 1 unspecified atom stereocenters. The minimum atomic E-state index is -0.0685. The zero-order valence-corrected chi connectivity index (χ0v) is 14.9. The zero-order chi connectivity index (χ0) is 17.2. The number of anilines is 2. The first-order chi connectivity index (χ1) is 11.4. The molecule has 2 amide bonds. The maximum Gasteiger partial charge on any atom is 0.322 e. The molecule has 0 aliphatic carbocycles. The van der Waals surface area contributed by atoms with Gasteiger partial charge in [0.1, 0.15) is 0 Å². The molecule has 24 heavy (non-hydrogen) atoms. The van der Waals surface area contributed by atoms with E-state index in [0.717, 1.165) is 24.6 Å². The highest BCUT2D eigenvalue weighted by atomic mass is 16.5. The molecule has 0 saturated carbocycles. The Morgan fingerprint density at radius 3 is 2.75 bits per heavy atom. The summed E-state index contributed by atoms with van der Waals surface area (Å²) in [6, 6.07) is 3.73. The monoisotopic (exact) mass is 332 g/mol. The van der Waals surface area contributed by atoms with Crippen molar-refractivity contribution in [1.82, 2.24) is 9.88 Å². The second-order valence-corrected chi connectivity index (χ2v) is 7.67. The summed E-state index contributed by atoms with van der Waals surface area (Å²) in [6.45, 7) is 10.3. The minimum absolute atomic E-state index is 0.0218. The van der Waals surface area contributed by atoms with Gasteiger partial charge < -0.3 is 19.9 Å². The van der Waals surface area contributed by atoms with E-state index in [0.29, 0.717) is 19.7 Å². The first-order valence-electron chi connectivity index (χ1n) is 8.82. The molecule has 1 aromatic heterocycles. The Kier molecular flexibility index (Phi) is 4.94. The predicted octanol–water partition coefficient (Wildman–Crippen LogP) is 2.96. The smallest absolute Gasteiger partial charge is 0.322 e. The van der Waals surface area contributed by atoms with Crippen molar-refractivity contribution in [3.63, 3.8) is 0 Å². The Bertz CT molecular complexity index is 579. The Labute approximate surface area is 144 Å². The third-order valence-corrected chi connectivity index (χ3v) is 4.75. The number of nitrogens with zero attached hydrogens (tertiary/aromatic N) is 3. The largest absolute Gasteiger partial charge is 0.374 e. The molecule has 3 rings (SSSR count). The zero-order valence-electron chi connectivity index (χ0n) is 14.9. The fourth-order valence-electron chi connectivity index (χ4n) is 3.23. The van der Waals surface area contributed by atoms with Gasteiger partial charge in [0.25, 0.3) is 0 Å². The van der Waals surface area contributed by atoms with Crippen molar-refractivity contribution in [3.8, 4) is 0 Å². The molecule has 6 heteroatoms. The van der Waals surface area contributed by atoms with Gasteiger partial charge in [-0.3, -0.25) is 0 Å². The summed E-state index contributed by atoms with van der Waals surface area (Å²) in [5.41, 5.74) is 0.816. The molecule has 0 bridgehead atoms. The number of carbonyl (C=O) groups is 1. The van der Waals surface area contributed by atoms with E-state index in [1.165, 1.54) is 12.8 Å². The first kappa shape index (κ1) is 17.0. The summed E-state index contributed by atoms with van der Waals surface area (Å²) in [7, 11) is 0. The Morgan fingerprint density at radius 1 is 1.29 bits per heavy atom. The van der Waals surface area contributed by atoms with Crippen LogP contribution in [0, 0.1) is 5.41 Å². The number of rotatable bonds is 2. The van der Waals surface area contributed by atoms with E-state index in [1.54, 1.807) is 6.20 Å². The lowest BCUT2D eigenvalue weighted by molar-refractivity contribution is -0.0664. The van der Waals surface area contributed by atoms with Crippen LogP contribution in [0.5, 0.6) is 0 Å². The molecule has 2 saturated heterocycles. The molecular formula is C18H28N4O2. The summed E-state index contributed by atoms with van der Waals surface area (Å²) in [5, 5.41) is 3.06. The van der Waals surface area contributed by atoms with Crippen LogP contribution in [0.4, 0.5) is 16.3 Å². The molecule has 1 aromatic rings. The van der Waals surface area contributed by atoms with Gasteiger partial charge >= 0.3 is 6.03 Å². The summed E-state index contributed by atoms with van der Waals surface area (Å²) in [4.78, 5) is 21.3. The molecule has 1 N–H and O–H groups in total. The van der Waals surface area contributed by atoms with Gasteiger partial charge in [0.2, 0.25) is 0 Å². The van der Waals surface area contributed by atoms with Crippen molar-refractivity contribution in [1.29, 1.82) is 0 Å². The van der Waals surface area contributed by atoms with E-state index >= 15 is 0 Å². The lowest BCUT2D eigenvalue weighted by Gasteiger charge is -2.39. The normalized spacial score (nSPS) is 21.9. The highest BCUT2D eigenvalue weighted by Crippen LogP contribution is 2.28. The summed E-state index contributed by atoms with van der Waals surface area (Å²) < 4.78 is 5.84. The maximum atomic E-state index is 12.7. The molecule has 0 radical (unpaired) electrons. The van der Waals surface area contributed by atoms with E-state index in [9.17, 15) is 4.79 Å². The van der Waals surface area contributed by atoms with Crippen LogP contribution >= 0.6 is 0 Å². The third-order valence-electron chi connectivity index (χ3n) is 4.75. The van der Waals surface area contributed by atoms with Crippen molar-refractivity contribution in [2.45, 2.75) is 39.7 Å². The van der Waals surface area contributed by atoms with Crippen LogP contribution in [0.25, 0.3) is 0 Å². The molecule has 2 fully saturated rings. The number of hydrogen-bond acceptors (Lipinski definition) is 4. The number of carbonyl (C=O) groups excluding carboxylic acids is 1. The first-order valence-corrected chi connectivity index (χ1v) is 8.82. The Morgan fingerprint density at radius 2 is 2.04 bits per heavy atom. The van der Waals surface area contributed by atoms with Crippen LogP contribution in [0.3, 0.4) is 0 Å². The Hall–Kier alpha value is -1.82. The van der Waals surface area contributed by atoms with Crippen molar-refractivity contribution in [2.75, 3.05) is 43.0 Å². The lowest BCUT2D eigenvalue weighted by Crippen LogP contribution is -2.51. The number of aromatic nitrogens is 1. The predicted molar refractivity (Wildman–Crippen MR) is 95.5 cm³/mol. The maximum absolute atomic E-state index is 12.7. The van der Waals surface area contributed by atoms with Gasteiger partial charge in [-0.2, -0.15) is 0 Å². The average Bonchev–Trinajstić information content (AvgIpc) is 3.09. The number of pyridine rings is 1. The van der Waals surface area contributed by atoms with E-state index in [1.807, 2.05) is 17.0 Å². The molecule has 132 valence electrons. The van der Waals surface area contributed by atoms with Crippen molar-refractivity contribution >= 4 is 17.5 Å². The van der Waals surface area contributed by atoms with Crippen molar-refractivity contribution in [2.24, 2.45) is 5.41 Å². The standard InChI is InChI=1S/C18H28N4O2/c1-18(2,3)15-13-22(11-12-24-15)17(23)20-14-7-6-8-19-16(14)21-9-4-5-10-21/h6-8,15H,4-5,9-13H2,1-3H3,(H,20,23). The molecule has 0 spiro atoms. The number of ether oxygens (including phenoxy) is 1. The van der Waals surface area contributed by atoms with Crippen LogP contribution in [-0.4, -0.2) is 54.8 Å². The second kappa shape index (κ2) is 6.97. The topological polar surface area (TPSA) is 57.7 Å². The van der Waals surface area contributed by atoms with Crippen LogP contribution in [0.1, 0.15) is 33.6 Å². The Balaban J connectivity index is 1.69. The van der Waals surface area contributed by atoms with E-state index < -0.39 is 0 Å². The highest BCUT2D eigenvalue weighted by Gasteiger charge is 2.32. The van der Waals surface area contributed by atoms with E-state index in [2.05, 4.69) is 36.0 Å². The molecular weight excluding hydrogens is 304 g/mol. The summed E-state index contributed by atoms with van der Waals surface area (Å²) >= 11 is 0. The number of urea groups is 1. The quantitative estimate of drug-likeness (QED) is 0.904. The molecule has 2 aliphatic rings. The fraction of sp³-hybridized carbons (Fsp3) is 0.667. The van der Waals surface area contributed by atoms with Crippen molar-refractivity contribution < 1.29 is 9.53 Å². The van der Waals surface area contributed by atoms with Crippen molar-refractivity contribution in [3.05, 3.63) is 18.3 Å². The molecule has 0 aromatic carbocycles. The van der Waals surface area contributed by atoms with Gasteiger partial charge in [-0.15, -0.1) is 0 Å².